The van der Waals surface area contributed by atoms with E-state index in [1.807, 2.05) is 0 Å². The van der Waals surface area contributed by atoms with Crippen LogP contribution in [-0.4, -0.2) is 68.0 Å². The van der Waals surface area contributed by atoms with Gasteiger partial charge in [0, 0.05) is 6.42 Å². The van der Waals surface area contributed by atoms with Gasteiger partial charge in [0.15, 0.2) is 5.84 Å². The Bertz CT molecular complexity index is 1140. The Labute approximate surface area is 197 Å². The van der Waals surface area contributed by atoms with Crippen molar-refractivity contribution in [2.24, 2.45) is 10.7 Å². The Morgan fingerprint density at radius 2 is 1.91 bits per heavy atom. The summed E-state index contributed by atoms with van der Waals surface area (Å²) < 4.78 is 5.66. The summed E-state index contributed by atoms with van der Waals surface area (Å²) in [6, 6.07) is 0.222. The third-order valence-electron chi connectivity index (χ3n) is 4.76. The van der Waals surface area contributed by atoms with E-state index < -0.39 is 42.2 Å². The molecule has 0 radical (unpaired) electrons. The molecule has 3 amide bonds. The standard InChI is InChI=1S/C20H23N7O8/c21-13-7-12(28)15(16(22)26-13)27-20(34)25-10-4-3-9(24-18(10)35-8-1-2-8)17(31)23-11(19(32)33)5-6-14(29)30/h3-4,8,11,28H,1-2,5-7H2,(H,23,31)(H,29,30)(H,32,33)(H3,21,22,26)(H2,25,27,34)/t11-/m0/s1. The van der Waals surface area contributed by atoms with Crippen LogP contribution in [0.2, 0.25) is 0 Å². The first-order valence-corrected chi connectivity index (χ1v) is 10.4. The Kier molecular flexibility index (Phi) is 7.48. The molecule has 1 aliphatic carbocycles. The molecule has 0 saturated heterocycles. The summed E-state index contributed by atoms with van der Waals surface area (Å²) in [5.74, 6) is -4.34. The van der Waals surface area contributed by atoms with E-state index in [9.17, 15) is 29.4 Å². The molecule has 0 bridgehead atoms. The molecule has 1 aromatic rings. The van der Waals surface area contributed by atoms with Gasteiger partial charge in [0.25, 0.3) is 5.91 Å². The van der Waals surface area contributed by atoms with Crippen molar-refractivity contribution in [1.82, 2.24) is 15.6 Å². The second-order valence-corrected chi connectivity index (χ2v) is 7.69. The Balaban J connectivity index is 1.73. The topological polar surface area (TPSA) is 249 Å². The number of aliphatic carboxylic acids is 2. The second-order valence-electron chi connectivity index (χ2n) is 7.69. The van der Waals surface area contributed by atoms with Crippen LogP contribution in [0.4, 0.5) is 10.5 Å². The van der Waals surface area contributed by atoms with Crippen LogP contribution in [0.5, 0.6) is 5.88 Å². The largest absolute Gasteiger partial charge is 0.510 e. The third kappa shape index (κ3) is 6.89. The van der Waals surface area contributed by atoms with Crippen LogP contribution in [0.25, 0.3) is 0 Å². The van der Waals surface area contributed by atoms with Gasteiger partial charge in [-0.3, -0.25) is 15.0 Å². The van der Waals surface area contributed by atoms with E-state index in [1.54, 1.807) is 0 Å². The van der Waals surface area contributed by atoms with Gasteiger partial charge in [-0.05, 0) is 31.4 Å². The fourth-order valence-corrected chi connectivity index (χ4v) is 2.89. The van der Waals surface area contributed by atoms with E-state index in [1.165, 1.54) is 12.1 Å². The highest BCUT2D eigenvalue weighted by Crippen LogP contribution is 2.31. The monoisotopic (exact) mass is 489 g/mol. The SMILES string of the molecule is N=C1N=C(N)CC(O)=C1NC(=O)Nc1ccc(C(=O)N[C@@H](CCC(=O)O)C(=O)O)nc1OC1CC1. The van der Waals surface area contributed by atoms with Gasteiger partial charge in [-0.15, -0.1) is 0 Å². The first-order chi connectivity index (χ1) is 16.5. The van der Waals surface area contributed by atoms with Gasteiger partial charge in [0.2, 0.25) is 5.88 Å². The molecular formula is C20H23N7O8. The van der Waals surface area contributed by atoms with Crippen LogP contribution in [0.1, 0.15) is 42.6 Å². The number of amidine groups is 2. The van der Waals surface area contributed by atoms with Crippen molar-refractivity contribution in [1.29, 1.82) is 5.41 Å². The lowest BCUT2D eigenvalue weighted by molar-refractivity contribution is -0.140. The minimum absolute atomic E-state index is 0.0183. The van der Waals surface area contributed by atoms with Crippen LogP contribution >= 0.6 is 0 Å². The Morgan fingerprint density at radius 3 is 2.51 bits per heavy atom. The number of ether oxygens (including phenoxy) is 1. The zero-order valence-corrected chi connectivity index (χ0v) is 18.2. The number of dihydropyridines is 1. The van der Waals surface area contributed by atoms with Gasteiger partial charge >= 0.3 is 18.0 Å². The molecule has 35 heavy (non-hydrogen) atoms. The number of rotatable bonds is 10. The van der Waals surface area contributed by atoms with E-state index in [-0.39, 0.29) is 53.5 Å². The normalized spacial score (nSPS) is 16.1. The first kappa shape index (κ1) is 24.9. The zero-order chi connectivity index (χ0) is 25.7. The summed E-state index contributed by atoms with van der Waals surface area (Å²) in [5.41, 5.74) is 5.11. The van der Waals surface area contributed by atoms with E-state index in [2.05, 4.69) is 25.9 Å². The van der Waals surface area contributed by atoms with Gasteiger partial charge in [-0.2, -0.15) is 0 Å². The lowest BCUT2D eigenvalue weighted by atomic mass is 10.1. The molecule has 15 nitrogen and oxygen atoms in total. The molecule has 1 aromatic heterocycles. The molecule has 1 saturated carbocycles. The fraction of sp³-hybridized carbons (Fsp3) is 0.350. The molecule has 2 aliphatic rings. The lowest BCUT2D eigenvalue weighted by Gasteiger charge is -2.17. The summed E-state index contributed by atoms with van der Waals surface area (Å²) in [5, 5.41) is 42.7. The molecule has 0 unspecified atom stereocenters. The third-order valence-corrected chi connectivity index (χ3v) is 4.76. The number of amides is 3. The number of carbonyl (C=O) groups excluding carboxylic acids is 2. The number of carboxylic acid groups (broad SMARTS) is 2. The molecule has 9 N–H and O–H groups in total. The van der Waals surface area contributed by atoms with E-state index >= 15 is 0 Å². The summed E-state index contributed by atoms with van der Waals surface area (Å²) in [7, 11) is 0. The molecule has 3 rings (SSSR count). The highest BCUT2D eigenvalue weighted by Gasteiger charge is 2.28. The van der Waals surface area contributed by atoms with Crippen molar-refractivity contribution in [2.75, 3.05) is 5.32 Å². The van der Waals surface area contributed by atoms with Crippen LogP contribution < -0.4 is 26.4 Å². The smallest absolute Gasteiger partial charge is 0.326 e. The number of nitrogens with one attached hydrogen (secondary N) is 4. The van der Waals surface area contributed by atoms with E-state index in [4.69, 9.17) is 21.0 Å². The summed E-state index contributed by atoms with van der Waals surface area (Å²) >= 11 is 0. The molecule has 1 atom stereocenters. The maximum Gasteiger partial charge on any atom is 0.326 e. The predicted octanol–water partition coefficient (Wildman–Crippen LogP) is 0.300. The van der Waals surface area contributed by atoms with Crippen LogP contribution in [0.3, 0.4) is 0 Å². The van der Waals surface area contributed by atoms with Gasteiger partial charge < -0.3 is 41.7 Å². The lowest BCUT2D eigenvalue weighted by Crippen LogP contribution is -2.41. The fourth-order valence-electron chi connectivity index (χ4n) is 2.89. The van der Waals surface area contributed by atoms with Gasteiger partial charge in [-0.1, -0.05) is 0 Å². The number of anilines is 1. The van der Waals surface area contributed by atoms with Gasteiger partial charge in [0.05, 0.1) is 6.42 Å². The van der Waals surface area contributed by atoms with E-state index in [0.717, 1.165) is 12.8 Å². The molecule has 1 aliphatic heterocycles. The first-order valence-electron chi connectivity index (χ1n) is 10.4. The Hall–Kier alpha value is -4.69. The zero-order valence-electron chi connectivity index (χ0n) is 18.2. The number of aliphatic imine (C=N–C) groups is 1. The quantitative estimate of drug-likeness (QED) is 0.223. The number of aliphatic hydroxyl groups is 1. The molecule has 186 valence electrons. The molecule has 15 heteroatoms. The van der Waals surface area contributed by atoms with Gasteiger partial charge in [-0.25, -0.2) is 19.6 Å². The summed E-state index contributed by atoms with van der Waals surface area (Å²) in [4.78, 5) is 54.8. The minimum Gasteiger partial charge on any atom is -0.510 e. The maximum atomic E-state index is 12.5. The predicted molar refractivity (Wildman–Crippen MR) is 119 cm³/mol. The number of nitrogens with zero attached hydrogens (tertiary/aromatic N) is 2. The van der Waals surface area contributed by atoms with Crippen LogP contribution in [0, 0.1) is 5.41 Å². The number of aromatic nitrogens is 1. The molecule has 2 heterocycles. The van der Waals surface area contributed by atoms with E-state index in [0.29, 0.717) is 0 Å². The number of nitrogens with two attached hydrogens (primary N) is 1. The number of pyridine rings is 1. The van der Waals surface area contributed by atoms with Crippen molar-refractivity contribution < 1.29 is 39.2 Å². The number of hydrogen-bond acceptors (Lipinski definition) is 9. The molecular weight excluding hydrogens is 466 g/mol. The maximum absolute atomic E-state index is 12.5. The summed E-state index contributed by atoms with van der Waals surface area (Å²) in [6.07, 6.45) is 0.370. The summed E-state index contributed by atoms with van der Waals surface area (Å²) in [6.45, 7) is 0. The van der Waals surface area contributed by atoms with Crippen molar-refractivity contribution in [3.8, 4) is 5.88 Å². The highest BCUT2D eigenvalue weighted by atomic mass is 16.5. The van der Waals surface area contributed by atoms with Crippen molar-refractivity contribution in [3.63, 3.8) is 0 Å². The molecule has 1 fully saturated rings. The van der Waals surface area contributed by atoms with Crippen molar-refractivity contribution in [3.05, 3.63) is 29.3 Å². The number of aliphatic hydroxyl groups excluding tert-OH is 1. The highest BCUT2D eigenvalue weighted by molar-refractivity contribution is 6.10. The number of carbonyl (C=O) groups is 4. The minimum atomic E-state index is -1.44. The van der Waals surface area contributed by atoms with Crippen LogP contribution in [-0.2, 0) is 9.59 Å². The van der Waals surface area contributed by atoms with Crippen LogP contribution in [0.15, 0.2) is 28.6 Å². The average Bonchev–Trinajstić information content (AvgIpc) is 3.58. The number of hydrogen-bond donors (Lipinski definition) is 8. The number of urea groups is 1. The Morgan fingerprint density at radius 1 is 1.20 bits per heavy atom. The number of carboxylic acids is 2. The molecule has 0 spiro atoms. The van der Waals surface area contributed by atoms with Gasteiger partial charge in [0.1, 0.15) is 40.8 Å². The molecule has 0 aromatic carbocycles. The second kappa shape index (κ2) is 10.5. The average molecular weight is 489 g/mol. The van der Waals surface area contributed by atoms with Crippen molar-refractivity contribution >= 4 is 41.2 Å². The van der Waals surface area contributed by atoms with Crippen molar-refractivity contribution in [2.45, 2.75) is 44.2 Å².